The van der Waals surface area contributed by atoms with Crippen molar-refractivity contribution in [2.45, 2.75) is 122 Å². The summed E-state index contributed by atoms with van der Waals surface area (Å²) in [5.41, 5.74) is -0.332. The number of hydrogen-bond donors (Lipinski definition) is 4. The summed E-state index contributed by atoms with van der Waals surface area (Å²) >= 11 is 0. The normalized spacial score (nSPS) is 21.2. The van der Waals surface area contributed by atoms with Crippen LogP contribution >= 0.6 is 0 Å². The molecule has 3 rings (SSSR count). The van der Waals surface area contributed by atoms with Crippen molar-refractivity contribution in [1.29, 1.82) is 0 Å². The van der Waals surface area contributed by atoms with Gasteiger partial charge in [0.05, 0.1) is 19.2 Å². The fraction of sp³-hybridized carbons (Fsp3) is 0.639. The van der Waals surface area contributed by atoms with Gasteiger partial charge in [-0.1, -0.05) is 76.3 Å². The van der Waals surface area contributed by atoms with Crippen LogP contribution in [0.2, 0.25) is 0 Å². The van der Waals surface area contributed by atoms with Crippen molar-refractivity contribution < 1.29 is 43.0 Å². The SMILES string of the molecule is CC(C)COC(=O)NC1CCCCCCCC(C(=O)C(=O)NCC(=O)N[C@H](C(=O)OC(C)(C)C)c2ccccc2)NC(=O)[C@@H]2CCCN2C1=O. The molecule has 4 atom stereocenters. The van der Waals surface area contributed by atoms with E-state index in [0.29, 0.717) is 50.6 Å². The van der Waals surface area contributed by atoms with E-state index in [1.165, 1.54) is 4.90 Å². The van der Waals surface area contributed by atoms with E-state index >= 15 is 0 Å². The van der Waals surface area contributed by atoms with Gasteiger partial charge in [-0.3, -0.25) is 24.0 Å². The Balaban J connectivity index is 1.67. The summed E-state index contributed by atoms with van der Waals surface area (Å²) in [5.74, 6) is -4.24. The van der Waals surface area contributed by atoms with Crippen molar-refractivity contribution in [2.24, 2.45) is 5.92 Å². The Morgan fingerprint density at radius 3 is 2.24 bits per heavy atom. The molecule has 0 spiro atoms. The van der Waals surface area contributed by atoms with E-state index in [9.17, 15) is 33.6 Å². The van der Waals surface area contributed by atoms with Crippen molar-refractivity contribution in [2.75, 3.05) is 19.7 Å². The lowest BCUT2D eigenvalue weighted by atomic mass is 9.99. The fourth-order valence-electron chi connectivity index (χ4n) is 5.85. The second-order valence-electron chi connectivity index (χ2n) is 14.3. The molecule has 0 aromatic heterocycles. The number of carbonyl (C=O) groups is 7. The molecule has 5 amide bonds. The largest absolute Gasteiger partial charge is 0.458 e. The van der Waals surface area contributed by atoms with Crippen molar-refractivity contribution in [3.05, 3.63) is 35.9 Å². The smallest absolute Gasteiger partial charge is 0.407 e. The summed E-state index contributed by atoms with van der Waals surface area (Å²) < 4.78 is 10.7. The van der Waals surface area contributed by atoms with Crippen molar-refractivity contribution >= 4 is 41.5 Å². The maximum absolute atomic E-state index is 13.6. The van der Waals surface area contributed by atoms with E-state index in [1.807, 2.05) is 13.8 Å². The predicted molar refractivity (Wildman–Crippen MR) is 183 cm³/mol. The van der Waals surface area contributed by atoms with Gasteiger partial charge in [-0.25, -0.2) is 9.59 Å². The number of Topliss-reactive ketones (excluding diaryl/α,β-unsaturated/α-hetero) is 1. The highest BCUT2D eigenvalue weighted by Gasteiger charge is 2.39. The number of rotatable bonds is 10. The molecule has 1 aromatic carbocycles. The van der Waals surface area contributed by atoms with Crippen LogP contribution in [0, 0.1) is 5.92 Å². The third kappa shape index (κ3) is 12.8. The molecule has 4 N–H and O–H groups in total. The van der Waals surface area contributed by atoms with Crippen LogP contribution in [-0.2, 0) is 38.2 Å². The van der Waals surface area contributed by atoms with Crippen LogP contribution in [-0.4, -0.2) is 89.8 Å². The maximum atomic E-state index is 13.6. The number of nitrogens with zero attached hydrogens (tertiary/aromatic N) is 1. The summed E-state index contributed by atoms with van der Waals surface area (Å²) in [7, 11) is 0. The van der Waals surface area contributed by atoms with E-state index in [1.54, 1.807) is 51.1 Å². The van der Waals surface area contributed by atoms with Gasteiger partial charge in [0.1, 0.15) is 17.7 Å². The minimum atomic E-state index is -1.18. The first-order chi connectivity index (χ1) is 23.7. The molecule has 2 aliphatic rings. The Morgan fingerprint density at radius 1 is 0.920 bits per heavy atom. The van der Waals surface area contributed by atoms with Gasteiger partial charge >= 0.3 is 12.1 Å². The van der Waals surface area contributed by atoms with Crippen molar-refractivity contribution in [1.82, 2.24) is 26.2 Å². The summed E-state index contributed by atoms with van der Waals surface area (Å²) in [4.78, 5) is 93.3. The number of esters is 1. The first-order valence-electron chi connectivity index (χ1n) is 17.6. The topological polar surface area (TPSA) is 189 Å². The standard InChI is InChI=1S/C36H53N5O9/c1-23(2)22-49-35(48)39-26-18-13-8-6-7-12-17-25(38-31(44)27-19-14-20-41(27)33(26)46)30(43)32(45)37-21-28(42)40-29(24-15-10-9-11-16-24)34(47)50-36(3,4)5/h9-11,15-16,23,25-27,29H,6-8,12-14,17-22H2,1-5H3,(H,37,45)(H,38,44)(H,39,48)(H,40,42)/t25?,26?,27-,29-/m0/s1. The molecule has 2 aliphatic heterocycles. The number of ether oxygens (including phenoxy) is 2. The highest BCUT2D eigenvalue weighted by Crippen LogP contribution is 2.22. The molecule has 1 aromatic rings. The van der Waals surface area contributed by atoms with Crippen LogP contribution in [0.1, 0.15) is 104 Å². The second kappa shape index (κ2) is 19.0. The summed E-state index contributed by atoms with van der Waals surface area (Å²) in [5, 5.41) is 10.3. The molecule has 2 fully saturated rings. The van der Waals surface area contributed by atoms with Crippen LogP contribution in [0.3, 0.4) is 0 Å². The molecule has 14 nitrogen and oxygen atoms in total. The minimum Gasteiger partial charge on any atom is -0.458 e. The third-order valence-corrected chi connectivity index (χ3v) is 8.31. The molecule has 14 heteroatoms. The fourth-order valence-corrected chi connectivity index (χ4v) is 5.85. The number of benzene rings is 1. The zero-order valence-corrected chi connectivity index (χ0v) is 29.9. The summed E-state index contributed by atoms with van der Waals surface area (Å²) in [6.07, 6.45) is 4.32. The van der Waals surface area contributed by atoms with Crippen LogP contribution in [0.25, 0.3) is 0 Å². The number of amides is 5. The van der Waals surface area contributed by atoms with Gasteiger partial charge in [0.15, 0.2) is 6.04 Å². The monoisotopic (exact) mass is 699 g/mol. The summed E-state index contributed by atoms with van der Waals surface area (Å²) in [6.45, 7) is 8.82. The second-order valence-corrected chi connectivity index (χ2v) is 14.3. The maximum Gasteiger partial charge on any atom is 0.407 e. The Bertz CT molecular complexity index is 1360. The molecular weight excluding hydrogens is 646 g/mol. The van der Waals surface area contributed by atoms with Crippen LogP contribution < -0.4 is 21.3 Å². The zero-order chi connectivity index (χ0) is 36.8. The molecule has 0 radical (unpaired) electrons. The first-order valence-corrected chi connectivity index (χ1v) is 17.6. The highest BCUT2D eigenvalue weighted by molar-refractivity contribution is 6.38. The lowest BCUT2D eigenvalue weighted by molar-refractivity contribution is -0.158. The number of carbonyl (C=O) groups excluding carboxylic acids is 7. The molecule has 50 heavy (non-hydrogen) atoms. The molecule has 276 valence electrons. The van der Waals surface area contributed by atoms with Crippen LogP contribution in [0.15, 0.2) is 30.3 Å². The lowest BCUT2D eigenvalue weighted by Crippen LogP contribution is -2.56. The number of alkyl carbamates (subject to hydrolysis) is 1. The molecule has 0 aliphatic carbocycles. The average Bonchev–Trinajstić information content (AvgIpc) is 3.56. The van der Waals surface area contributed by atoms with E-state index in [4.69, 9.17) is 9.47 Å². The highest BCUT2D eigenvalue weighted by atomic mass is 16.6. The molecular formula is C36H53N5O9. The summed E-state index contributed by atoms with van der Waals surface area (Å²) in [6, 6.07) is 4.43. The van der Waals surface area contributed by atoms with Gasteiger partial charge in [0, 0.05) is 6.54 Å². The Kier molecular flexibility index (Phi) is 15.2. The predicted octanol–water partition coefficient (Wildman–Crippen LogP) is 2.84. The quantitative estimate of drug-likeness (QED) is 0.210. The van der Waals surface area contributed by atoms with E-state index in [0.717, 1.165) is 12.8 Å². The lowest BCUT2D eigenvalue weighted by Gasteiger charge is -2.30. The average molecular weight is 700 g/mol. The zero-order valence-electron chi connectivity index (χ0n) is 29.9. The molecule has 0 saturated carbocycles. The van der Waals surface area contributed by atoms with E-state index < -0.39 is 77.8 Å². The third-order valence-electron chi connectivity index (χ3n) is 8.31. The van der Waals surface area contributed by atoms with Crippen molar-refractivity contribution in [3.8, 4) is 0 Å². The van der Waals surface area contributed by atoms with Gasteiger partial charge in [-0.05, 0) is 57.9 Å². The number of fused-ring (bicyclic) bond motifs is 1. The first kappa shape index (κ1) is 39.9. The van der Waals surface area contributed by atoms with Gasteiger partial charge in [-0.2, -0.15) is 0 Å². The molecule has 0 bridgehead atoms. The van der Waals surface area contributed by atoms with E-state index in [2.05, 4.69) is 21.3 Å². The van der Waals surface area contributed by atoms with E-state index in [-0.39, 0.29) is 18.9 Å². The van der Waals surface area contributed by atoms with Crippen LogP contribution in [0.4, 0.5) is 4.79 Å². The number of ketones is 1. The van der Waals surface area contributed by atoms with Gasteiger partial charge in [-0.15, -0.1) is 0 Å². The van der Waals surface area contributed by atoms with Gasteiger partial charge in [0.25, 0.3) is 5.91 Å². The Labute approximate surface area is 294 Å². The Hall–Kier alpha value is -4.49. The number of hydrogen-bond acceptors (Lipinski definition) is 9. The van der Waals surface area contributed by atoms with Crippen LogP contribution in [0.5, 0.6) is 0 Å². The van der Waals surface area contributed by atoms with Crippen molar-refractivity contribution in [3.63, 3.8) is 0 Å². The van der Waals surface area contributed by atoms with Gasteiger partial charge < -0.3 is 35.6 Å². The molecule has 2 saturated heterocycles. The molecule has 2 heterocycles. The number of nitrogens with one attached hydrogen (secondary N) is 4. The minimum absolute atomic E-state index is 0.123. The molecule has 2 unspecified atom stereocenters. The Morgan fingerprint density at radius 2 is 1.58 bits per heavy atom. The van der Waals surface area contributed by atoms with Gasteiger partial charge in [0.2, 0.25) is 23.5 Å².